The van der Waals surface area contributed by atoms with Gasteiger partial charge < -0.3 is 9.47 Å². The normalized spacial score (nSPS) is 11.3. The Hall–Kier alpha value is -4.06. The van der Waals surface area contributed by atoms with Crippen LogP contribution in [0.2, 0.25) is 0 Å². The molecule has 0 spiro atoms. The van der Waals surface area contributed by atoms with Gasteiger partial charge in [-0.2, -0.15) is 0 Å². The summed E-state index contributed by atoms with van der Waals surface area (Å²) in [5.41, 5.74) is 3.66. The first-order chi connectivity index (χ1) is 23.4. The van der Waals surface area contributed by atoms with E-state index < -0.39 is 0 Å². The topological polar surface area (TPSA) is 129 Å². The summed E-state index contributed by atoms with van der Waals surface area (Å²) in [6, 6.07) is 15.4. The van der Waals surface area contributed by atoms with Gasteiger partial charge in [0.1, 0.15) is 19.3 Å². The van der Waals surface area contributed by atoms with Crippen LogP contribution >= 0.6 is 46.2 Å². The van der Waals surface area contributed by atoms with E-state index in [0.717, 1.165) is 58.6 Å². The number of hydrogen-bond donors (Lipinski definition) is 0. The molecular formula is C32H34N10O2S4. The van der Waals surface area contributed by atoms with Crippen LogP contribution in [0, 0.1) is 13.8 Å². The maximum absolute atomic E-state index is 5.31. The van der Waals surface area contributed by atoms with Gasteiger partial charge in [0, 0.05) is 50.4 Å². The predicted octanol–water partition coefficient (Wildman–Crippen LogP) is 7.04. The van der Waals surface area contributed by atoms with Crippen LogP contribution in [0.25, 0.3) is 21.1 Å². The molecule has 0 aliphatic heterocycles. The molecule has 16 heteroatoms. The number of nitrogens with zero attached hydrogens (tertiary/aromatic N) is 10. The lowest BCUT2D eigenvalue weighted by molar-refractivity contribution is 0.129. The van der Waals surface area contributed by atoms with Crippen LogP contribution in [0.4, 0.5) is 16.8 Å². The summed E-state index contributed by atoms with van der Waals surface area (Å²) in [6.07, 6.45) is 11.3. The third-order valence-electron chi connectivity index (χ3n) is 6.29. The predicted molar refractivity (Wildman–Crippen MR) is 194 cm³/mol. The highest BCUT2D eigenvalue weighted by Gasteiger charge is 2.16. The second-order valence-corrected chi connectivity index (χ2v) is 13.4. The summed E-state index contributed by atoms with van der Waals surface area (Å²) < 4.78 is 12.5. The van der Waals surface area contributed by atoms with Gasteiger partial charge in [-0.15, -0.1) is 0 Å². The molecule has 6 aromatic heterocycles. The molecule has 6 rings (SSSR count). The minimum Gasteiger partial charge on any atom is -0.364 e. The number of methoxy groups -OCH3 is 2. The first kappa shape index (κ1) is 35.3. The van der Waals surface area contributed by atoms with E-state index in [1.54, 1.807) is 49.3 Å². The molecule has 12 nitrogen and oxygen atoms in total. The van der Waals surface area contributed by atoms with Gasteiger partial charge in [0.05, 0.1) is 21.1 Å². The Morgan fingerprint density at radius 1 is 0.792 bits per heavy atom. The molecule has 0 aromatic carbocycles. The zero-order valence-corrected chi connectivity index (χ0v) is 30.5. The Kier molecular flexibility index (Phi) is 12.8. The number of aromatic nitrogens is 8. The first-order valence-electron chi connectivity index (χ1n) is 14.5. The number of thiazole rings is 2. The minimum absolute atomic E-state index is 0.378. The van der Waals surface area contributed by atoms with Crippen LogP contribution in [-0.2, 0) is 16.2 Å². The van der Waals surface area contributed by atoms with Crippen molar-refractivity contribution >= 4 is 63.0 Å². The molecule has 0 saturated carbocycles. The van der Waals surface area contributed by atoms with Crippen molar-refractivity contribution in [1.82, 2.24) is 39.5 Å². The van der Waals surface area contributed by atoms with Crippen molar-refractivity contribution in [2.45, 2.75) is 30.9 Å². The Labute approximate surface area is 295 Å². The summed E-state index contributed by atoms with van der Waals surface area (Å²) in [7, 11) is 3.32. The van der Waals surface area contributed by atoms with Crippen LogP contribution in [0.3, 0.4) is 0 Å². The molecule has 48 heavy (non-hydrogen) atoms. The second kappa shape index (κ2) is 17.4. The molecule has 0 atom stereocenters. The molecule has 0 radical (unpaired) electrons. The third kappa shape index (κ3) is 9.30. The number of thioether (sulfide) groups is 2. The number of anilines is 2. The zero-order valence-electron chi connectivity index (χ0n) is 27.3. The fraction of sp³-hybridized carbons (Fsp3) is 0.250. The quantitative estimate of drug-likeness (QED) is 0.0774. The molecule has 0 fully saturated rings. The first-order valence-corrected chi connectivity index (χ1v) is 18.6. The number of hydrogen-bond acceptors (Lipinski definition) is 15. The molecular weight excluding hydrogens is 685 g/mol. The number of aryl methyl sites for hydroxylation is 2. The maximum Gasteiger partial charge on any atom is 0.193 e. The van der Waals surface area contributed by atoms with E-state index in [1.807, 2.05) is 96.8 Å². The fourth-order valence-corrected chi connectivity index (χ4v) is 6.89. The van der Waals surface area contributed by atoms with Crippen molar-refractivity contribution in [3.8, 4) is 21.1 Å². The largest absolute Gasteiger partial charge is 0.364 e. The summed E-state index contributed by atoms with van der Waals surface area (Å²) in [6.45, 7) is 4.74. The molecule has 0 aliphatic rings. The van der Waals surface area contributed by atoms with Crippen LogP contribution in [0.5, 0.6) is 0 Å². The van der Waals surface area contributed by atoms with E-state index >= 15 is 0 Å². The van der Waals surface area contributed by atoms with E-state index in [1.165, 1.54) is 23.5 Å². The van der Waals surface area contributed by atoms with Gasteiger partial charge in [-0.3, -0.25) is 9.47 Å². The highest BCUT2D eigenvalue weighted by atomic mass is 32.2. The van der Waals surface area contributed by atoms with Gasteiger partial charge in [0.25, 0.3) is 0 Å². The lowest BCUT2D eigenvalue weighted by atomic mass is 10.3. The van der Waals surface area contributed by atoms with Crippen molar-refractivity contribution < 1.29 is 9.47 Å². The Balaban J connectivity index is 0.000000188. The zero-order chi connectivity index (χ0) is 33.9. The number of rotatable bonds is 11. The van der Waals surface area contributed by atoms with E-state index in [-0.39, 0.29) is 0 Å². The molecule has 0 amide bonds. The fourth-order valence-electron chi connectivity index (χ4n) is 4.22. The number of pyridine rings is 2. The lowest BCUT2D eigenvalue weighted by Crippen LogP contribution is -2.20. The summed E-state index contributed by atoms with van der Waals surface area (Å²) in [5.74, 6) is 1.46. The van der Waals surface area contributed by atoms with Gasteiger partial charge in [0.2, 0.25) is 0 Å². The van der Waals surface area contributed by atoms with Crippen molar-refractivity contribution in [2.75, 3.05) is 38.4 Å². The molecule has 0 unspecified atom stereocenters. The van der Waals surface area contributed by atoms with E-state index in [9.17, 15) is 0 Å². The Morgan fingerprint density at radius 3 is 2.04 bits per heavy atom. The van der Waals surface area contributed by atoms with Crippen molar-refractivity contribution in [2.24, 2.45) is 4.99 Å². The van der Waals surface area contributed by atoms with E-state index in [0.29, 0.717) is 19.3 Å². The highest BCUT2D eigenvalue weighted by Crippen LogP contribution is 2.34. The SMILES string of the molecule is COCN(c1ccccn1)c1ncc(-c2cc(C)nc(SC)n2)s1.COCn1cc(-c2cc(C)nc(SC)n2)sc1=Nc1ccccn1. The van der Waals surface area contributed by atoms with Crippen LogP contribution in [-0.4, -0.2) is 72.9 Å². The van der Waals surface area contributed by atoms with E-state index in [4.69, 9.17) is 9.47 Å². The smallest absolute Gasteiger partial charge is 0.193 e. The minimum atomic E-state index is 0.378. The second-order valence-electron chi connectivity index (χ2n) is 9.87. The van der Waals surface area contributed by atoms with E-state index in [2.05, 4.69) is 39.9 Å². The molecule has 0 saturated heterocycles. The van der Waals surface area contributed by atoms with Gasteiger partial charge in [0.15, 0.2) is 26.1 Å². The average molecular weight is 719 g/mol. The summed E-state index contributed by atoms with van der Waals surface area (Å²) in [5, 5.41) is 2.34. The Morgan fingerprint density at radius 2 is 1.46 bits per heavy atom. The Bertz CT molecular complexity index is 1980. The molecule has 0 bridgehead atoms. The van der Waals surface area contributed by atoms with Gasteiger partial charge >= 0.3 is 0 Å². The highest BCUT2D eigenvalue weighted by molar-refractivity contribution is 7.98. The van der Waals surface area contributed by atoms with Crippen LogP contribution in [0.15, 0.2) is 88.6 Å². The molecule has 6 aromatic rings. The molecule has 0 N–H and O–H groups in total. The molecule has 248 valence electrons. The summed E-state index contributed by atoms with van der Waals surface area (Å²) in [4.78, 5) is 40.5. The monoisotopic (exact) mass is 718 g/mol. The maximum atomic E-state index is 5.31. The standard InChI is InChI=1S/2C16H17N5OS2/c1-11-8-12(19-15(18-11)23-3)13-9-21(10-22-2)16(24-13)20-14-6-4-5-7-17-14;1-11-8-12(20-15(19-11)23-3)13-9-18-16(24-13)21(10-22-2)14-6-4-5-7-17-14/h2*4-9H,10H2,1-3H3. The van der Waals surface area contributed by atoms with Crippen LogP contribution in [0.1, 0.15) is 11.4 Å². The van der Waals surface area contributed by atoms with Gasteiger partial charge in [-0.1, -0.05) is 58.3 Å². The van der Waals surface area contributed by atoms with Crippen molar-refractivity contribution in [1.29, 1.82) is 0 Å². The van der Waals surface area contributed by atoms with Crippen molar-refractivity contribution in [3.05, 3.63) is 89.5 Å². The third-order valence-corrected chi connectivity index (χ3v) is 9.47. The number of ether oxygens (including phenoxy) is 2. The molecule has 0 aliphatic carbocycles. The lowest BCUT2D eigenvalue weighted by Gasteiger charge is -2.19. The van der Waals surface area contributed by atoms with Crippen molar-refractivity contribution in [3.63, 3.8) is 0 Å². The average Bonchev–Trinajstić information content (AvgIpc) is 3.76. The van der Waals surface area contributed by atoms with Gasteiger partial charge in [-0.25, -0.2) is 39.9 Å². The van der Waals surface area contributed by atoms with Crippen LogP contribution < -0.4 is 9.70 Å². The summed E-state index contributed by atoms with van der Waals surface area (Å²) >= 11 is 6.17. The molecule has 6 heterocycles. The van der Waals surface area contributed by atoms with Gasteiger partial charge in [-0.05, 0) is 62.8 Å².